The van der Waals surface area contributed by atoms with Gasteiger partial charge < -0.3 is 18.8 Å². The number of nitrogens with zero attached hydrogens (tertiary/aromatic N) is 1. The zero-order valence-corrected chi connectivity index (χ0v) is 16.7. The van der Waals surface area contributed by atoms with Crippen molar-refractivity contribution in [2.24, 2.45) is 0 Å². The molecule has 0 radical (unpaired) electrons. The lowest BCUT2D eigenvalue weighted by atomic mass is 9.98. The Morgan fingerprint density at radius 3 is 2.52 bits per heavy atom. The number of carbonyl (C=O) groups is 1. The van der Waals surface area contributed by atoms with E-state index in [1.165, 1.54) is 0 Å². The molecule has 1 aromatic heterocycles. The number of carbonyl (C=O) groups excluding carboxylic acids is 1. The van der Waals surface area contributed by atoms with E-state index in [1.54, 1.807) is 25.2 Å². The van der Waals surface area contributed by atoms with Gasteiger partial charge in [0.2, 0.25) is 5.76 Å². The summed E-state index contributed by atoms with van der Waals surface area (Å²) >= 11 is 0. The molecule has 1 amide bonds. The van der Waals surface area contributed by atoms with Gasteiger partial charge in [-0.15, -0.1) is 0 Å². The first-order valence-electron chi connectivity index (χ1n) is 9.56. The smallest absolute Gasteiger partial charge is 0.290 e. The van der Waals surface area contributed by atoms with Gasteiger partial charge in [-0.25, -0.2) is 0 Å². The highest BCUT2D eigenvalue weighted by Crippen LogP contribution is 2.38. The normalized spacial score (nSPS) is 15.8. The molecule has 29 heavy (non-hydrogen) atoms. The maximum Gasteiger partial charge on any atom is 0.290 e. The molecule has 6 nitrogen and oxygen atoms in total. The number of methoxy groups -OCH3 is 2. The predicted molar refractivity (Wildman–Crippen MR) is 110 cm³/mol. The second kappa shape index (κ2) is 7.72. The number of fused-ring (bicyclic) bond motifs is 2. The van der Waals surface area contributed by atoms with E-state index in [9.17, 15) is 9.59 Å². The maximum atomic E-state index is 13.4. The first kappa shape index (κ1) is 19.2. The van der Waals surface area contributed by atoms with Crippen LogP contribution >= 0.6 is 0 Å². The minimum Gasteiger partial charge on any atom is -0.497 e. The summed E-state index contributed by atoms with van der Waals surface area (Å²) < 4.78 is 16.3. The molecule has 0 fully saturated rings. The fourth-order valence-corrected chi connectivity index (χ4v) is 3.88. The van der Waals surface area contributed by atoms with E-state index < -0.39 is 6.04 Å². The molecule has 2 heterocycles. The summed E-state index contributed by atoms with van der Waals surface area (Å²) in [7, 11) is 3.23. The van der Waals surface area contributed by atoms with Crippen molar-refractivity contribution < 1.29 is 18.7 Å². The van der Waals surface area contributed by atoms with Gasteiger partial charge in [-0.1, -0.05) is 23.8 Å². The van der Waals surface area contributed by atoms with Gasteiger partial charge in [0.15, 0.2) is 5.43 Å². The summed E-state index contributed by atoms with van der Waals surface area (Å²) in [6.07, 6.45) is 0.662. The number of aryl methyl sites for hydroxylation is 1. The highest BCUT2D eigenvalue weighted by atomic mass is 16.5. The van der Waals surface area contributed by atoms with Gasteiger partial charge >= 0.3 is 0 Å². The SMILES string of the molecule is COCCCN1C(=O)c2oc3ccc(C)cc3c(=O)c2[C@@H]1c1ccc(OC)cc1. The lowest BCUT2D eigenvalue weighted by molar-refractivity contribution is 0.0708. The van der Waals surface area contributed by atoms with Crippen LogP contribution < -0.4 is 10.2 Å². The number of benzene rings is 2. The summed E-state index contributed by atoms with van der Waals surface area (Å²) in [4.78, 5) is 28.3. The summed E-state index contributed by atoms with van der Waals surface area (Å²) in [5.74, 6) is 0.575. The van der Waals surface area contributed by atoms with Crippen LogP contribution in [0.3, 0.4) is 0 Å². The Balaban J connectivity index is 1.90. The van der Waals surface area contributed by atoms with Crippen LogP contribution in [-0.4, -0.2) is 38.2 Å². The molecule has 0 aliphatic carbocycles. The van der Waals surface area contributed by atoms with Crippen LogP contribution in [0.2, 0.25) is 0 Å². The Morgan fingerprint density at radius 2 is 1.83 bits per heavy atom. The second-order valence-corrected chi connectivity index (χ2v) is 7.19. The van der Waals surface area contributed by atoms with Crippen LogP contribution in [0.4, 0.5) is 0 Å². The Bertz CT molecular complexity index is 1120. The van der Waals surface area contributed by atoms with Crippen molar-refractivity contribution in [1.29, 1.82) is 0 Å². The van der Waals surface area contributed by atoms with E-state index >= 15 is 0 Å². The van der Waals surface area contributed by atoms with Crippen LogP contribution in [0.1, 0.15) is 39.7 Å². The van der Waals surface area contributed by atoms with Crippen LogP contribution in [0, 0.1) is 6.92 Å². The van der Waals surface area contributed by atoms with Gasteiger partial charge in [0.05, 0.1) is 24.1 Å². The monoisotopic (exact) mass is 393 g/mol. The third kappa shape index (κ3) is 3.29. The van der Waals surface area contributed by atoms with Crippen molar-refractivity contribution in [2.45, 2.75) is 19.4 Å². The highest BCUT2D eigenvalue weighted by molar-refractivity contribution is 5.99. The van der Waals surface area contributed by atoms with E-state index in [2.05, 4.69) is 0 Å². The van der Waals surface area contributed by atoms with E-state index in [0.29, 0.717) is 41.9 Å². The second-order valence-electron chi connectivity index (χ2n) is 7.19. The lowest BCUT2D eigenvalue weighted by Gasteiger charge is -2.25. The molecule has 0 bridgehead atoms. The molecule has 2 aromatic carbocycles. The maximum absolute atomic E-state index is 13.4. The molecule has 1 aliphatic heterocycles. The predicted octanol–water partition coefficient (Wildman–Crippen LogP) is 3.69. The summed E-state index contributed by atoms with van der Waals surface area (Å²) in [6, 6.07) is 12.4. The van der Waals surface area contributed by atoms with Crippen molar-refractivity contribution in [3.8, 4) is 5.75 Å². The van der Waals surface area contributed by atoms with Crippen molar-refractivity contribution in [2.75, 3.05) is 27.4 Å². The average Bonchev–Trinajstić information content (AvgIpc) is 3.01. The highest BCUT2D eigenvalue weighted by Gasteiger charge is 2.42. The Labute approximate surface area is 168 Å². The van der Waals surface area contributed by atoms with E-state index in [1.807, 2.05) is 43.3 Å². The topological polar surface area (TPSA) is 69.0 Å². The molecule has 0 saturated carbocycles. The summed E-state index contributed by atoms with van der Waals surface area (Å²) in [5.41, 5.74) is 2.48. The Hall–Kier alpha value is -3.12. The average molecular weight is 393 g/mol. The van der Waals surface area contributed by atoms with Gasteiger partial charge in [-0.2, -0.15) is 0 Å². The Kier molecular flexibility index (Phi) is 5.11. The van der Waals surface area contributed by atoms with E-state index in [-0.39, 0.29) is 17.1 Å². The third-order valence-electron chi connectivity index (χ3n) is 5.30. The molecule has 4 rings (SSSR count). The first-order chi connectivity index (χ1) is 14.0. The summed E-state index contributed by atoms with van der Waals surface area (Å²) in [6.45, 7) is 2.91. The van der Waals surface area contributed by atoms with Gasteiger partial charge in [0.1, 0.15) is 11.3 Å². The minimum absolute atomic E-state index is 0.129. The largest absolute Gasteiger partial charge is 0.497 e. The molecule has 1 atom stereocenters. The number of rotatable bonds is 6. The van der Waals surface area contributed by atoms with E-state index in [4.69, 9.17) is 13.9 Å². The molecule has 0 spiro atoms. The Morgan fingerprint density at radius 1 is 1.07 bits per heavy atom. The molecule has 6 heteroatoms. The molecule has 1 aliphatic rings. The number of amides is 1. The number of hydrogen-bond donors (Lipinski definition) is 0. The fraction of sp³-hybridized carbons (Fsp3) is 0.304. The molecule has 0 unspecified atom stereocenters. The number of ether oxygens (including phenoxy) is 2. The van der Waals surface area contributed by atoms with Crippen LogP contribution in [0.15, 0.2) is 51.7 Å². The van der Waals surface area contributed by atoms with Crippen molar-refractivity contribution in [1.82, 2.24) is 4.90 Å². The number of hydrogen-bond acceptors (Lipinski definition) is 5. The van der Waals surface area contributed by atoms with Gasteiger partial charge in [0, 0.05) is 20.3 Å². The molecule has 150 valence electrons. The van der Waals surface area contributed by atoms with Gasteiger partial charge in [0.25, 0.3) is 5.91 Å². The molecule has 0 N–H and O–H groups in total. The summed E-state index contributed by atoms with van der Waals surface area (Å²) in [5, 5.41) is 0.494. The van der Waals surface area contributed by atoms with Crippen LogP contribution in [-0.2, 0) is 4.74 Å². The molecular weight excluding hydrogens is 370 g/mol. The van der Waals surface area contributed by atoms with E-state index in [0.717, 1.165) is 11.1 Å². The van der Waals surface area contributed by atoms with Crippen LogP contribution in [0.5, 0.6) is 5.75 Å². The molecular formula is C23H23NO5. The molecule has 0 saturated heterocycles. The lowest BCUT2D eigenvalue weighted by Crippen LogP contribution is -2.31. The first-order valence-corrected chi connectivity index (χ1v) is 9.56. The third-order valence-corrected chi connectivity index (χ3v) is 5.30. The van der Waals surface area contributed by atoms with Gasteiger partial charge in [-0.3, -0.25) is 9.59 Å². The van der Waals surface area contributed by atoms with Gasteiger partial charge in [-0.05, 0) is 43.2 Å². The zero-order valence-electron chi connectivity index (χ0n) is 16.7. The molecule has 3 aromatic rings. The van der Waals surface area contributed by atoms with Crippen LogP contribution in [0.25, 0.3) is 11.0 Å². The van der Waals surface area contributed by atoms with Crippen molar-refractivity contribution in [3.63, 3.8) is 0 Å². The van der Waals surface area contributed by atoms with Crippen molar-refractivity contribution >= 4 is 16.9 Å². The minimum atomic E-state index is -0.499. The quantitative estimate of drug-likeness (QED) is 0.598. The fourth-order valence-electron chi connectivity index (χ4n) is 3.88. The standard InChI is InChI=1S/C23H23NO5/c1-14-5-10-18-17(13-14)21(25)19-20(15-6-8-16(28-3)9-7-15)24(11-4-12-27-2)23(26)22(19)29-18/h5-10,13,20H,4,11-12H2,1-3H3/t20-/m0/s1. The van der Waals surface area contributed by atoms with Crippen molar-refractivity contribution in [3.05, 3.63) is 75.1 Å². The zero-order chi connectivity index (χ0) is 20.5.